The molecule has 1 aromatic carbocycles. The van der Waals surface area contributed by atoms with Crippen molar-refractivity contribution in [1.29, 1.82) is 0 Å². The van der Waals surface area contributed by atoms with E-state index in [0.29, 0.717) is 24.4 Å². The van der Waals surface area contributed by atoms with Crippen LogP contribution in [0.4, 0.5) is 5.69 Å². The van der Waals surface area contributed by atoms with E-state index in [1.54, 1.807) is 36.6 Å². The molecule has 7 nitrogen and oxygen atoms in total. The van der Waals surface area contributed by atoms with Gasteiger partial charge in [0.25, 0.3) is 11.8 Å². The Hall–Kier alpha value is -3.09. The van der Waals surface area contributed by atoms with Crippen LogP contribution in [-0.2, 0) is 11.3 Å². The van der Waals surface area contributed by atoms with Crippen molar-refractivity contribution in [3.05, 3.63) is 53.5 Å². The third kappa shape index (κ3) is 3.00. The fraction of sp³-hybridized carbons (Fsp3) is 0.278. The maximum absolute atomic E-state index is 12.8. The van der Waals surface area contributed by atoms with Crippen LogP contribution in [0.5, 0.6) is 0 Å². The van der Waals surface area contributed by atoms with Gasteiger partial charge in [-0.05, 0) is 30.7 Å². The number of carbonyl (C=O) groups is 3. The van der Waals surface area contributed by atoms with Gasteiger partial charge in [0, 0.05) is 5.69 Å². The van der Waals surface area contributed by atoms with Gasteiger partial charge in [-0.25, -0.2) is 4.79 Å². The first kappa shape index (κ1) is 16.8. The Morgan fingerprint density at radius 3 is 2.68 bits per heavy atom. The van der Waals surface area contributed by atoms with Crippen LogP contribution in [0.1, 0.15) is 46.2 Å². The number of furan rings is 1. The van der Waals surface area contributed by atoms with E-state index in [0.717, 1.165) is 4.90 Å². The number of amides is 2. The lowest BCUT2D eigenvalue weighted by atomic mass is 10.1. The highest BCUT2D eigenvalue weighted by Crippen LogP contribution is 2.32. The number of carbonyl (C=O) groups excluding carboxylic acids is 2. The standard InChI is InChI=1S/C18H18N2O5/c1-2-5-14(18(23)24)20-16(21)12-7-3-8-13(15(12)17(20)22)19-10-11-6-4-9-25-11/h3-4,6-9,14,19H,2,5,10H2,1H3,(H,23,24). The van der Waals surface area contributed by atoms with E-state index in [4.69, 9.17) is 4.42 Å². The second-order valence-electron chi connectivity index (χ2n) is 5.78. The molecule has 1 atom stereocenters. The van der Waals surface area contributed by atoms with Gasteiger partial charge < -0.3 is 14.8 Å². The predicted octanol–water partition coefficient (Wildman–Crippen LogP) is 2.74. The van der Waals surface area contributed by atoms with E-state index in [1.807, 2.05) is 6.92 Å². The number of benzene rings is 1. The molecule has 2 aromatic rings. The molecule has 0 radical (unpaired) electrons. The fourth-order valence-electron chi connectivity index (χ4n) is 2.97. The van der Waals surface area contributed by atoms with E-state index in [2.05, 4.69) is 5.32 Å². The highest BCUT2D eigenvalue weighted by atomic mass is 16.4. The largest absolute Gasteiger partial charge is 0.480 e. The summed E-state index contributed by atoms with van der Waals surface area (Å²) in [5.74, 6) is -1.65. The number of nitrogens with zero attached hydrogens (tertiary/aromatic N) is 1. The minimum Gasteiger partial charge on any atom is -0.480 e. The summed E-state index contributed by atoms with van der Waals surface area (Å²) < 4.78 is 5.24. The molecule has 0 aliphatic carbocycles. The zero-order valence-corrected chi connectivity index (χ0v) is 13.7. The van der Waals surface area contributed by atoms with E-state index < -0.39 is 23.8 Å². The highest BCUT2D eigenvalue weighted by Gasteiger charge is 2.43. The van der Waals surface area contributed by atoms with Crippen LogP contribution in [0.15, 0.2) is 41.0 Å². The molecule has 1 aliphatic heterocycles. The maximum atomic E-state index is 12.8. The third-order valence-electron chi connectivity index (χ3n) is 4.14. The Kier molecular flexibility index (Phi) is 4.56. The molecular formula is C18H18N2O5. The highest BCUT2D eigenvalue weighted by molar-refractivity contribution is 6.24. The molecule has 1 unspecified atom stereocenters. The van der Waals surface area contributed by atoms with Gasteiger partial charge in [0.05, 0.1) is 23.9 Å². The van der Waals surface area contributed by atoms with Crippen molar-refractivity contribution in [1.82, 2.24) is 4.90 Å². The van der Waals surface area contributed by atoms with E-state index in [9.17, 15) is 19.5 Å². The fourth-order valence-corrected chi connectivity index (χ4v) is 2.97. The summed E-state index contributed by atoms with van der Waals surface area (Å²) >= 11 is 0. The second-order valence-corrected chi connectivity index (χ2v) is 5.78. The molecule has 0 spiro atoms. The third-order valence-corrected chi connectivity index (χ3v) is 4.14. The molecule has 0 bridgehead atoms. The second kappa shape index (κ2) is 6.80. The molecule has 1 aliphatic rings. The van der Waals surface area contributed by atoms with Crippen molar-refractivity contribution >= 4 is 23.5 Å². The van der Waals surface area contributed by atoms with Gasteiger partial charge in [-0.15, -0.1) is 0 Å². The Labute approximate surface area is 144 Å². The molecule has 2 N–H and O–H groups in total. The summed E-state index contributed by atoms with van der Waals surface area (Å²) in [6.45, 7) is 2.16. The zero-order chi connectivity index (χ0) is 18.0. The van der Waals surface area contributed by atoms with Crippen LogP contribution in [-0.4, -0.2) is 33.8 Å². The number of anilines is 1. The monoisotopic (exact) mass is 342 g/mol. The lowest BCUT2D eigenvalue weighted by Gasteiger charge is -2.22. The topological polar surface area (TPSA) is 99.8 Å². The zero-order valence-electron chi connectivity index (χ0n) is 13.7. The molecule has 0 saturated carbocycles. The lowest BCUT2D eigenvalue weighted by Crippen LogP contribution is -2.44. The number of fused-ring (bicyclic) bond motifs is 1. The van der Waals surface area contributed by atoms with Gasteiger partial charge in [0.2, 0.25) is 0 Å². The maximum Gasteiger partial charge on any atom is 0.326 e. The molecule has 1 aromatic heterocycles. The Bertz CT molecular complexity index is 813. The average Bonchev–Trinajstić information content (AvgIpc) is 3.19. The number of carboxylic acids is 1. The van der Waals surface area contributed by atoms with Crippen LogP contribution < -0.4 is 5.32 Å². The molecule has 2 heterocycles. The van der Waals surface area contributed by atoms with Gasteiger partial charge in [-0.2, -0.15) is 0 Å². The molecule has 25 heavy (non-hydrogen) atoms. The summed E-state index contributed by atoms with van der Waals surface area (Å²) in [5, 5.41) is 12.5. The predicted molar refractivity (Wildman–Crippen MR) is 89.3 cm³/mol. The van der Waals surface area contributed by atoms with Gasteiger partial charge >= 0.3 is 5.97 Å². The lowest BCUT2D eigenvalue weighted by molar-refractivity contribution is -0.141. The first-order valence-corrected chi connectivity index (χ1v) is 8.04. The average molecular weight is 342 g/mol. The van der Waals surface area contributed by atoms with Crippen molar-refractivity contribution < 1.29 is 23.9 Å². The van der Waals surface area contributed by atoms with Gasteiger partial charge in [-0.1, -0.05) is 19.4 Å². The Balaban J connectivity index is 1.91. The van der Waals surface area contributed by atoms with Gasteiger partial charge in [0.1, 0.15) is 11.8 Å². The molecular weight excluding hydrogens is 324 g/mol. The number of hydrogen-bond donors (Lipinski definition) is 2. The molecule has 0 saturated heterocycles. The van der Waals surface area contributed by atoms with Crippen LogP contribution in [0.25, 0.3) is 0 Å². The summed E-state index contributed by atoms with van der Waals surface area (Å²) in [6.07, 6.45) is 2.31. The summed E-state index contributed by atoms with van der Waals surface area (Å²) in [5.41, 5.74) is 0.911. The smallest absolute Gasteiger partial charge is 0.326 e. The summed E-state index contributed by atoms with van der Waals surface area (Å²) in [4.78, 5) is 37.8. The number of rotatable bonds is 7. The number of hydrogen-bond acceptors (Lipinski definition) is 5. The Morgan fingerprint density at radius 2 is 2.04 bits per heavy atom. The normalized spacial score (nSPS) is 14.5. The minimum absolute atomic E-state index is 0.210. The van der Waals surface area contributed by atoms with Crippen LogP contribution in [0.3, 0.4) is 0 Å². The van der Waals surface area contributed by atoms with E-state index in [-0.39, 0.29) is 17.5 Å². The molecule has 3 rings (SSSR count). The van der Waals surface area contributed by atoms with Gasteiger partial charge in [-0.3, -0.25) is 14.5 Å². The molecule has 0 fully saturated rings. The number of aliphatic carboxylic acids is 1. The van der Waals surface area contributed by atoms with Crippen LogP contribution in [0.2, 0.25) is 0 Å². The van der Waals surface area contributed by atoms with Crippen LogP contribution in [0, 0.1) is 0 Å². The number of imide groups is 1. The van der Waals surface area contributed by atoms with Gasteiger partial charge in [0.15, 0.2) is 0 Å². The quantitative estimate of drug-likeness (QED) is 0.751. The van der Waals surface area contributed by atoms with E-state index >= 15 is 0 Å². The van der Waals surface area contributed by atoms with Crippen molar-refractivity contribution in [2.45, 2.75) is 32.4 Å². The minimum atomic E-state index is -1.18. The molecule has 130 valence electrons. The molecule has 7 heteroatoms. The number of carboxylic acid groups (broad SMARTS) is 1. The van der Waals surface area contributed by atoms with Crippen molar-refractivity contribution in [2.24, 2.45) is 0 Å². The SMILES string of the molecule is CCCC(C(=O)O)N1C(=O)c2cccc(NCc3ccco3)c2C1=O. The summed E-state index contributed by atoms with van der Waals surface area (Å²) in [6, 6.07) is 7.27. The van der Waals surface area contributed by atoms with Crippen molar-refractivity contribution in [2.75, 3.05) is 5.32 Å². The van der Waals surface area contributed by atoms with Crippen LogP contribution >= 0.6 is 0 Å². The first-order chi connectivity index (χ1) is 12.0. The Morgan fingerprint density at radius 1 is 1.24 bits per heavy atom. The first-order valence-electron chi connectivity index (χ1n) is 8.04. The van der Waals surface area contributed by atoms with E-state index in [1.165, 1.54) is 0 Å². The number of nitrogens with one attached hydrogen (secondary N) is 1. The van der Waals surface area contributed by atoms with Crippen molar-refractivity contribution in [3.63, 3.8) is 0 Å². The van der Waals surface area contributed by atoms with Crippen molar-refractivity contribution in [3.8, 4) is 0 Å². The summed E-state index contributed by atoms with van der Waals surface area (Å²) in [7, 11) is 0. The molecule has 2 amide bonds.